The second kappa shape index (κ2) is 18.0. The Balaban J connectivity index is 0.862. The van der Waals surface area contributed by atoms with Crippen LogP contribution in [0.1, 0.15) is 67.9 Å². The molecule has 4 aliphatic rings. The predicted octanol–water partition coefficient (Wildman–Crippen LogP) is 5.91. The zero-order valence-corrected chi connectivity index (χ0v) is 36.1. The van der Waals surface area contributed by atoms with Crippen LogP contribution in [-0.4, -0.2) is 115 Å². The van der Waals surface area contributed by atoms with Gasteiger partial charge in [0.15, 0.2) is 0 Å². The molecular weight excluding hydrogens is 887 g/mol. The number of alkyl halides is 3. The molecule has 0 aliphatic carbocycles. The lowest BCUT2D eigenvalue weighted by Crippen LogP contribution is -2.54. The van der Waals surface area contributed by atoms with Gasteiger partial charge >= 0.3 is 6.18 Å². The van der Waals surface area contributed by atoms with Crippen molar-refractivity contribution in [3.05, 3.63) is 99.2 Å². The normalized spacial score (nSPS) is 18.9. The molecule has 3 aromatic carbocycles. The fourth-order valence-corrected chi connectivity index (χ4v) is 9.38. The Morgan fingerprint density at radius 2 is 1.63 bits per heavy atom. The molecule has 15 nitrogen and oxygen atoms in total. The van der Waals surface area contributed by atoms with Gasteiger partial charge in [0, 0.05) is 93.8 Å². The fraction of sp³-hybridized carbons (Fsp3) is 0.364. The molecule has 0 spiro atoms. The van der Waals surface area contributed by atoms with E-state index in [0.717, 1.165) is 74.5 Å². The first kappa shape index (κ1) is 43.6. The Kier molecular flexibility index (Phi) is 12.4. The molecule has 19 heteroatoms. The Morgan fingerprint density at radius 1 is 0.889 bits per heavy atom. The van der Waals surface area contributed by atoms with E-state index in [1.54, 1.807) is 18.2 Å². The van der Waals surface area contributed by atoms with Crippen molar-refractivity contribution >= 4 is 74.0 Å². The summed E-state index contributed by atoms with van der Waals surface area (Å²) in [5, 5.41) is 10.6. The number of para-hydroxylation sites is 1. The van der Waals surface area contributed by atoms with Gasteiger partial charge in [-0.05, 0) is 71.1 Å². The van der Waals surface area contributed by atoms with Gasteiger partial charge in [-0.25, -0.2) is 4.98 Å². The molecule has 4 aliphatic heterocycles. The number of pyridine rings is 1. The first-order valence-corrected chi connectivity index (χ1v) is 21.4. The van der Waals surface area contributed by atoms with Gasteiger partial charge in [-0.2, -0.15) is 13.2 Å². The monoisotopic (exact) mass is 931 g/mol. The zero-order chi connectivity index (χ0) is 44.6. The minimum atomic E-state index is -4.71. The molecule has 63 heavy (non-hydrogen) atoms. The van der Waals surface area contributed by atoms with Crippen LogP contribution in [0, 0.1) is 0 Å². The number of halogens is 4. The highest BCUT2D eigenvalue weighted by atomic mass is 79.9. The van der Waals surface area contributed by atoms with Gasteiger partial charge in [-0.1, -0.05) is 18.2 Å². The van der Waals surface area contributed by atoms with Crippen LogP contribution in [0.25, 0.3) is 0 Å². The largest absolute Gasteiger partial charge is 0.494 e. The molecule has 5 heterocycles. The average Bonchev–Trinajstić information content (AvgIpc) is 3.53. The number of nitrogens with zero attached hydrogens (tertiary/aromatic N) is 5. The number of ether oxygens (including phenoxy) is 1. The average molecular weight is 933 g/mol. The van der Waals surface area contributed by atoms with E-state index in [1.165, 1.54) is 32.4 Å². The van der Waals surface area contributed by atoms with Gasteiger partial charge in [0.2, 0.25) is 11.8 Å². The summed E-state index contributed by atoms with van der Waals surface area (Å²) < 4.78 is 48.5. The first-order valence-electron chi connectivity index (χ1n) is 20.6. The van der Waals surface area contributed by atoms with Gasteiger partial charge in [0.05, 0.1) is 46.4 Å². The van der Waals surface area contributed by atoms with Crippen LogP contribution in [0.15, 0.2) is 71.3 Å². The molecular formula is C44H45BrF3N9O6. The van der Waals surface area contributed by atoms with Crippen LogP contribution in [0.3, 0.4) is 0 Å². The quantitative estimate of drug-likeness (QED) is 0.132. The Hall–Kier alpha value is -6.05. The highest BCUT2D eigenvalue weighted by Crippen LogP contribution is 2.40. The summed E-state index contributed by atoms with van der Waals surface area (Å²) in [5.41, 5.74) is 1.95. The molecule has 1 aromatic heterocycles. The SMILES string of the molecule is CNC(=O)c1ccccc1Nc1cc(Nc2ccc(N3CCC(N4CCN(Cc5ccc6c(c5Br)C(=O)N(C5CCC(=O)NC5=O)C6=O)CC4)CC3)cc2OC)ncc1C(F)(F)F. The number of imide groups is 2. The summed E-state index contributed by atoms with van der Waals surface area (Å²) in [7, 11) is 2.97. The number of piperazine rings is 1. The van der Waals surface area contributed by atoms with Gasteiger partial charge in [0.25, 0.3) is 17.7 Å². The number of aromatic nitrogens is 1. The minimum Gasteiger partial charge on any atom is -0.494 e. The van der Waals surface area contributed by atoms with Crippen LogP contribution in [0.4, 0.5) is 41.7 Å². The van der Waals surface area contributed by atoms with Gasteiger partial charge in [-0.3, -0.25) is 44.0 Å². The van der Waals surface area contributed by atoms with Crippen LogP contribution in [-0.2, 0) is 22.3 Å². The number of hydrogen-bond acceptors (Lipinski definition) is 12. The summed E-state index contributed by atoms with van der Waals surface area (Å²) >= 11 is 3.60. The zero-order valence-electron chi connectivity index (χ0n) is 34.5. The molecule has 4 N–H and O–H groups in total. The third kappa shape index (κ3) is 8.94. The fourth-order valence-electron chi connectivity index (χ4n) is 8.74. The van der Waals surface area contributed by atoms with Crippen molar-refractivity contribution in [2.24, 2.45) is 0 Å². The second-order valence-electron chi connectivity index (χ2n) is 15.8. The number of fused-ring (bicyclic) bond motifs is 1. The van der Waals surface area contributed by atoms with Crippen LogP contribution in [0.5, 0.6) is 5.75 Å². The lowest BCUT2D eigenvalue weighted by atomic mass is 10.0. The van der Waals surface area contributed by atoms with Gasteiger partial charge in [-0.15, -0.1) is 0 Å². The highest BCUT2D eigenvalue weighted by molar-refractivity contribution is 9.10. The molecule has 1 unspecified atom stereocenters. The van der Waals surface area contributed by atoms with Crippen molar-refractivity contribution in [2.75, 3.05) is 69.0 Å². The van der Waals surface area contributed by atoms with Gasteiger partial charge in [0.1, 0.15) is 17.6 Å². The molecule has 1 atom stereocenters. The molecule has 0 bridgehead atoms. The summed E-state index contributed by atoms with van der Waals surface area (Å²) in [5.74, 6) is -1.96. The third-order valence-electron chi connectivity index (χ3n) is 12.1. The Bertz CT molecular complexity index is 2470. The number of anilines is 5. The van der Waals surface area contributed by atoms with E-state index in [1.807, 2.05) is 24.3 Å². The third-order valence-corrected chi connectivity index (χ3v) is 13.0. The van der Waals surface area contributed by atoms with Crippen LogP contribution in [0.2, 0.25) is 0 Å². The number of benzene rings is 3. The number of piperidine rings is 2. The van der Waals surface area contributed by atoms with E-state index in [0.29, 0.717) is 28.5 Å². The van der Waals surface area contributed by atoms with Crippen molar-refractivity contribution in [2.45, 2.75) is 50.5 Å². The van der Waals surface area contributed by atoms with Crippen molar-refractivity contribution in [1.29, 1.82) is 0 Å². The molecule has 330 valence electrons. The number of carbonyl (C=O) groups excluding carboxylic acids is 5. The van der Waals surface area contributed by atoms with Crippen LogP contribution >= 0.6 is 15.9 Å². The minimum absolute atomic E-state index is 0.0576. The van der Waals surface area contributed by atoms with Gasteiger partial charge < -0.3 is 25.6 Å². The molecule has 8 rings (SSSR count). The Morgan fingerprint density at radius 3 is 2.33 bits per heavy atom. The highest BCUT2D eigenvalue weighted by Gasteiger charge is 2.46. The van der Waals surface area contributed by atoms with Crippen molar-refractivity contribution in [1.82, 2.24) is 30.3 Å². The summed E-state index contributed by atoms with van der Waals surface area (Å²) in [6.07, 6.45) is -1.90. The smallest absolute Gasteiger partial charge is 0.419 e. The number of carbonyl (C=O) groups is 5. The van der Waals surface area contributed by atoms with E-state index in [2.05, 4.69) is 56.9 Å². The number of amides is 5. The number of methoxy groups -OCH3 is 1. The van der Waals surface area contributed by atoms with E-state index in [-0.39, 0.29) is 46.7 Å². The van der Waals surface area contributed by atoms with E-state index < -0.39 is 47.3 Å². The standard InChI is InChI=1S/C44H45BrF3N9O6/c1-49-40(59)28-5-3-4-6-31(28)51-33-22-36(50-23-30(33)44(46,47)48)52-32-10-8-27(21-35(32)63-2)55-15-13-26(14-16-55)56-19-17-54(18-20-56)24-25-7-9-29-38(39(25)45)43(62)57(42(29)61)34-11-12-37(58)53-41(34)60/h3-10,21-23,26,34H,11-20,24H2,1-2H3,(H,49,59)(H2,50,51,52)(H,53,58,60). The van der Waals surface area contributed by atoms with Crippen molar-refractivity contribution in [3.8, 4) is 5.75 Å². The summed E-state index contributed by atoms with van der Waals surface area (Å²) in [4.78, 5) is 75.5. The summed E-state index contributed by atoms with van der Waals surface area (Å²) in [6.45, 7) is 5.60. The topological polar surface area (TPSA) is 169 Å². The molecule has 5 amide bonds. The number of nitrogens with one attached hydrogen (secondary N) is 4. The molecule has 4 aromatic rings. The second-order valence-corrected chi connectivity index (χ2v) is 16.6. The summed E-state index contributed by atoms with van der Waals surface area (Å²) in [6, 6.07) is 16.1. The molecule has 0 radical (unpaired) electrons. The lowest BCUT2D eigenvalue weighted by Gasteiger charge is -2.43. The van der Waals surface area contributed by atoms with Crippen molar-refractivity contribution in [3.63, 3.8) is 0 Å². The van der Waals surface area contributed by atoms with E-state index in [4.69, 9.17) is 4.74 Å². The Labute approximate surface area is 369 Å². The molecule has 0 saturated carbocycles. The van der Waals surface area contributed by atoms with Crippen molar-refractivity contribution < 1.29 is 41.9 Å². The molecule has 3 saturated heterocycles. The maximum absolute atomic E-state index is 14.1. The van der Waals surface area contributed by atoms with E-state index in [9.17, 15) is 37.1 Å². The van der Waals surface area contributed by atoms with E-state index >= 15 is 0 Å². The first-order chi connectivity index (χ1) is 30.2. The predicted molar refractivity (Wildman–Crippen MR) is 232 cm³/mol. The molecule has 3 fully saturated rings. The lowest BCUT2D eigenvalue weighted by molar-refractivity contribution is -0.137. The van der Waals surface area contributed by atoms with Crippen LogP contribution < -0.4 is 30.9 Å². The maximum atomic E-state index is 14.1. The number of rotatable bonds is 11. The maximum Gasteiger partial charge on any atom is 0.419 e. The number of hydrogen-bond donors (Lipinski definition) is 4.